The highest BCUT2D eigenvalue weighted by molar-refractivity contribution is 5.71. The Labute approximate surface area is 103 Å². The van der Waals surface area contributed by atoms with Gasteiger partial charge in [-0.3, -0.25) is 4.79 Å². The fourth-order valence-electron chi connectivity index (χ4n) is 1.30. The van der Waals surface area contributed by atoms with Gasteiger partial charge in [0, 0.05) is 23.4 Å². The molecule has 1 aromatic rings. The number of benzene rings is 1. The van der Waals surface area contributed by atoms with Crippen LogP contribution in [0.5, 0.6) is 0 Å². The van der Waals surface area contributed by atoms with Crippen molar-refractivity contribution in [1.82, 2.24) is 0 Å². The summed E-state index contributed by atoms with van der Waals surface area (Å²) in [6.07, 6.45) is 0.0894. The molecule has 0 aromatic heterocycles. The molecule has 0 amide bonds. The van der Waals surface area contributed by atoms with E-state index < -0.39 is 11.8 Å². The minimum atomic E-state index is -1.04. The van der Waals surface area contributed by atoms with Crippen LogP contribution in [0.25, 0.3) is 10.4 Å². The quantitative estimate of drug-likeness (QED) is 0.291. The molecule has 6 heteroatoms. The Morgan fingerprint density at radius 3 is 3.00 bits per heavy atom. The molecular formula is C12H10FN3O2. The zero-order valence-corrected chi connectivity index (χ0v) is 9.43. The van der Waals surface area contributed by atoms with Gasteiger partial charge >= 0.3 is 5.97 Å². The van der Waals surface area contributed by atoms with E-state index >= 15 is 0 Å². The predicted octanol–water partition coefficient (Wildman–Crippen LogP) is 2.50. The maximum atomic E-state index is 13.0. The van der Waals surface area contributed by atoms with Gasteiger partial charge in [-0.25, -0.2) is 4.39 Å². The number of hydrogen-bond acceptors (Lipinski definition) is 2. The Hall–Kier alpha value is -2.51. The molecule has 0 unspecified atom stereocenters. The van der Waals surface area contributed by atoms with Crippen LogP contribution >= 0.6 is 0 Å². The molecule has 18 heavy (non-hydrogen) atoms. The highest BCUT2D eigenvalue weighted by atomic mass is 19.1. The number of carboxylic acids is 1. The van der Waals surface area contributed by atoms with E-state index in [1.54, 1.807) is 0 Å². The van der Waals surface area contributed by atoms with Crippen LogP contribution in [0.15, 0.2) is 23.3 Å². The third kappa shape index (κ3) is 4.56. The summed E-state index contributed by atoms with van der Waals surface area (Å²) in [5.74, 6) is 3.94. The number of carboxylic acid groups (broad SMARTS) is 1. The first-order valence-corrected chi connectivity index (χ1v) is 5.13. The molecule has 0 aliphatic carbocycles. The highest BCUT2D eigenvalue weighted by Gasteiger charge is 2.06. The summed E-state index contributed by atoms with van der Waals surface area (Å²) in [4.78, 5) is 13.2. The predicted molar refractivity (Wildman–Crippen MR) is 63.2 cm³/mol. The van der Waals surface area contributed by atoms with Crippen LogP contribution in [0.2, 0.25) is 0 Å². The van der Waals surface area contributed by atoms with Gasteiger partial charge in [0.2, 0.25) is 0 Å². The molecule has 0 saturated carbocycles. The molecule has 5 nitrogen and oxygen atoms in total. The van der Waals surface area contributed by atoms with Crippen molar-refractivity contribution in [3.63, 3.8) is 0 Å². The summed E-state index contributed by atoms with van der Waals surface area (Å²) >= 11 is 0. The Kier molecular flexibility index (Phi) is 5.23. The molecule has 92 valence electrons. The van der Waals surface area contributed by atoms with Crippen molar-refractivity contribution in [3.05, 3.63) is 45.6 Å². The molecule has 0 heterocycles. The van der Waals surface area contributed by atoms with Crippen LogP contribution in [0.1, 0.15) is 17.5 Å². The van der Waals surface area contributed by atoms with E-state index in [0.29, 0.717) is 17.5 Å². The van der Waals surface area contributed by atoms with Crippen LogP contribution in [-0.2, 0) is 11.2 Å². The molecule has 1 N–H and O–H groups in total. The minimum absolute atomic E-state index is 0.249. The van der Waals surface area contributed by atoms with Crippen LogP contribution < -0.4 is 0 Å². The number of aliphatic carboxylic acids is 1. The summed E-state index contributed by atoms with van der Waals surface area (Å²) in [5, 5.41) is 12.0. The number of halogens is 1. The first-order chi connectivity index (χ1) is 8.63. The second-order valence-electron chi connectivity index (χ2n) is 3.38. The summed E-state index contributed by atoms with van der Waals surface area (Å²) in [5.41, 5.74) is 8.86. The number of nitrogens with zero attached hydrogens (tertiary/aromatic N) is 3. The SMILES string of the molecule is [N-]=[N+]=NCCC#Cc1ccc(F)cc1CC(=O)O. The van der Waals surface area contributed by atoms with Gasteiger partial charge in [-0.1, -0.05) is 17.0 Å². The number of rotatable bonds is 4. The maximum Gasteiger partial charge on any atom is 0.307 e. The first kappa shape index (κ1) is 13.6. The maximum absolute atomic E-state index is 13.0. The van der Waals surface area contributed by atoms with Gasteiger partial charge in [0.1, 0.15) is 5.82 Å². The molecule has 0 bridgehead atoms. The van der Waals surface area contributed by atoms with Gasteiger partial charge in [-0.15, -0.1) is 0 Å². The summed E-state index contributed by atoms with van der Waals surface area (Å²) in [6.45, 7) is 0.249. The lowest BCUT2D eigenvalue weighted by molar-refractivity contribution is -0.136. The van der Waals surface area contributed by atoms with Gasteiger partial charge < -0.3 is 5.11 Å². The molecule has 1 aromatic carbocycles. The molecule has 0 aliphatic rings. The monoisotopic (exact) mass is 247 g/mol. The fraction of sp³-hybridized carbons (Fsp3) is 0.250. The summed E-state index contributed by atoms with van der Waals surface area (Å²) in [6, 6.07) is 3.82. The van der Waals surface area contributed by atoms with Crippen LogP contribution in [0.3, 0.4) is 0 Å². The van der Waals surface area contributed by atoms with Crippen molar-refractivity contribution < 1.29 is 14.3 Å². The average Bonchev–Trinajstić information content (AvgIpc) is 2.30. The zero-order chi connectivity index (χ0) is 13.4. The molecule has 0 atom stereocenters. The van der Waals surface area contributed by atoms with Gasteiger partial charge in [0.05, 0.1) is 6.42 Å². The summed E-state index contributed by atoms with van der Waals surface area (Å²) < 4.78 is 13.0. The minimum Gasteiger partial charge on any atom is -0.481 e. The third-order valence-corrected chi connectivity index (χ3v) is 2.03. The lowest BCUT2D eigenvalue weighted by Crippen LogP contribution is -2.02. The number of carbonyl (C=O) groups is 1. The average molecular weight is 247 g/mol. The van der Waals surface area contributed by atoms with Gasteiger partial charge in [-0.2, -0.15) is 0 Å². The van der Waals surface area contributed by atoms with Crippen molar-refractivity contribution in [2.24, 2.45) is 5.11 Å². The Balaban J connectivity index is 2.86. The van der Waals surface area contributed by atoms with E-state index in [1.165, 1.54) is 12.1 Å². The van der Waals surface area contributed by atoms with E-state index in [0.717, 1.165) is 6.07 Å². The van der Waals surface area contributed by atoms with E-state index in [4.69, 9.17) is 10.6 Å². The van der Waals surface area contributed by atoms with Crippen molar-refractivity contribution in [3.8, 4) is 11.8 Å². The Bertz CT molecular complexity index is 554. The standard InChI is InChI=1S/C12H10FN3O2/c13-11-5-4-9(3-1-2-6-15-16-14)10(7-11)8-12(17)18/h4-5,7H,2,6,8H2,(H,17,18). The second kappa shape index (κ2) is 6.94. The largest absolute Gasteiger partial charge is 0.481 e. The smallest absolute Gasteiger partial charge is 0.307 e. The first-order valence-electron chi connectivity index (χ1n) is 5.13. The molecule has 0 radical (unpaired) electrons. The fourth-order valence-corrected chi connectivity index (χ4v) is 1.30. The summed E-state index contributed by atoms with van der Waals surface area (Å²) in [7, 11) is 0. The third-order valence-electron chi connectivity index (χ3n) is 2.03. The second-order valence-corrected chi connectivity index (χ2v) is 3.38. The lowest BCUT2D eigenvalue weighted by Gasteiger charge is -2.01. The van der Waals surface area contributed by atoms with Crippen LogP contribution in [0.4, 0.5) is 4.39 Å². The lowest BCUT2D eigenvalue weighted by atomic mass is 10.0. The molecular weight excluding hydrogens is 237 g/mol. The number of azide groups is 1. The van der Waals surface area contributed by atoms with Crippen molar-refractivity contribution in [2.75, 3.05) is 6.54 Å². The topological polar surface area (TPSA) is 86.1 Å². The van der Waals surface area contributed by atoms with E-state index in [1.807, 2.05) is 0 Å². The molecule has 0 aliphatic heterocycles. The van der Waals surface area contributed by atoms with Gasteiger partial charge in [0.15, 0.2) is 0 Å². The van der Waals surface area contributed by atoms with E-state index in [-0.39, 0.29) is 13.0 Å². The van der Waals surface area contributed by atoms with Crippen LogP contribution in [-0.4, -0.2) is 17.6 Å². The van der Waals surface area contributed by atoms with Crippen molar-refractivity contribution in [2.45, 2.75) is 12.8 Å². The normalized spacial score (nSPS) is 8.94. The van der Waals surface area contributed by atoms with Crippen molar-refractivity contribution in [1.29, 1.82) is 0 Å². The molecule has 0 spiro atoms. The zero-order valence-electron chi connectivity index (χ0n) is 9.43. The number of hydrogen-bond donors (Lipinski definition) is 1. The Morgan fingerprint density at radius 2 is 2.33 bits per heavy atom. The van der Waals surface area contributed by atoms with Gasteiger partial charge in [0.25, 0.3) is 0 Å². The van der Waals surface area contributed by atoms with E-state index in [2.05, 4.69) is 21.9 Å². The Morgan fingerprint density at radius 1 is 1.56 bits per heavy atom. The van der Waals surface area contributed by atoms with Gasteiger partial charge in [-0.05, 0) is 29.3 Å². The van der Waals surface area contributed by atoms with Crippen LogP contribution in [0, 0.1) is 17.7 Å². The van der Waals surface area contributed by atoms with Crippen molar-refractivity contribution >= 4 is 5.97 Å². The molecule has 0 fully saturated rings. The molecule has 1 rings (SSSR count). The highest BCUT2D eigenvalue weighted by Crippen LogP contribution is 2.11. The molecule has 0 saturated heterocycles. The van der Waals surface area contributed by atoms with E-state index in [9.17, 15) is 9.18 Å².